The van der Waals surface area contributed by atoms with Crippen molar-refractivity contribution in [2.75, 3.05) is 5.43 Å². The summed E-state index contributed by atoms with van der Waals surface area (Å²) < 4.78 is 1.72. The van der Waals surface area contributed by atoms with E-state index in [-0.39, 0.29) is 0 Å². The molecule has 0 saturated carbocycles. The zero-order chi connectivity index (χ0) is 13.9. The predicted octanol–water partition coefficient (Wildman–Crippen LogP) is 1.92. The van der Waals surface area contributed by atoms with E-state index in [4.69, 9.17) is 5.84 Å². The molecule has 100 valence electrons. The summed E-state index contributed by atoms with van der Waals surface area (Å²) in [4.78, 5) is 8.32. The van der Waals surface area contributed by atoms with Crippen molar-refractivity contribution in [3.05, 3.63) is 54.6 Å². The lowest BCUT2D eigenvalue weighted by Gasteiger charge is -2.07. The molecule has 0 radical (unpaired) electrons. The molecule has 0 unspecified atom stereocenters. The fourth-order valence-electron chi connectivity index (χ4n) is 2.04. The molecule has 3 N–H and O–H groups in total. The van der Waals surface area contributed by atoms with Gasteiger partial charge in [-0.25, -0.2) is 20.5 Å². The zero-order valence-corrected chi connectivity index (χ0v) is 11.0. The third-order valence-electron chi connectivity index (χ3n) is 3.10. The number of hydrogen-bond donors (Lipinski definition) is 2. The van der Waals surface area contributed by atoms with Crippen LogP contribution < -0.4 is 11.3 Å². The van der Waals surface area contributed by atoms with Gasteiger partial charge in [0.05, 0.1) is 6.20 Å². The summed E-state index contributed by atoms with van der Waals surface area (Å²) in [5, 5.41) is 4.36. The number of nitrogens with zero attached hydrogens (tertiary/aromatic N) is 4. The van der Waals surface area contributed by atoms with E-state index in [1.807, 2.05) is 49.6 Å². The summed E-state index contributed by atoms with van der Waals surface area (Å²) in [6, 6.07) is 10.1. The lowest BCUT2D eigenvalue weighted by atomic mass is 10.1. The van der Waals surface area contributed by atoms with Crippen LogP contribution in [0.4, 0.5) is 5.82 Å². The number of nitrogens with two attached hydrogens (primary N) is 1. The third kappa shape index (κ3) is 2.12. The van der Waals surface area contributed by atoms with Crippen LogP contribution >= 0.6 is 0 Å². The van der Waals surface area contributed by atoms with Crippen LogP contribution in [0.1, 0.15) is 5.56 Å². The molecule has 0 atom stereocenters. The topological polar surface area (TPSA) is 81.6 Å². The minimum Gasteiger partial charge on any atom is -0.308 e. The number of hydrazine groups is 1. The second kappa shape index (κ2) is 5.10. The SMILES string of the molecule is Cc1c(NN)ncnc1-n1cc(-c2ccccc2)cn1. The molecule has 2 aromatic heterocycles. The van der Waals surface area contributed by atoms with E-state index in [9.17, 15) is 0 Å². The number of aromatic nitrogens is 4. The van der Waals surface area contributed by atoms with E-state index >= 15 is 0 Å². The molecule has 20 heavy (non-hydrogen) atoms. The van der Waals surface area contributed by atoms with Gasteiger partial charge < -0.3 is 5.43 Å². The molecule has 0 amide bonds. The summed E-state index contributed by atoms with van der Waals surface area (Å²) in [6.45, 7) is 1.90. The van der Waals surface area contributed by atoms with E-state index in [2.05, 4.69) is 20.5 Å². The largest absolute Gasteiger partial charge is 0.308 e. The van der Waals surface area contributed by atoms with Gasteiger partial charge in [0.25, 0.3) is 0 Å². The third-order valence-corrected chi connectivity index (χ3v) is 3.10. The van der Waals surface area contributed by atoms with E-state index < -0.39 is 0 Å². The van der Waals surface area contributed by atoms with E-state index in [0.29, 0.717) is 11.6 Å². The van der Waals surface area contributed by atoms with Crippen molar-refractivity contribution in [1.29, 1.82) is 0 Å². The predicted molar refractivity (Wildman–Crippen MR) is 77.1 cm³/mol. The molecule has 2 heterocycles. The molecule has 0 saturated heterocycles. The first-order valence-electron chi connectivity index (χ1n) is 6.18. The molecule has 6 heteroatoms. The smallest absolute Gasteiger partial charge is 0.161 e. The van der Waals surface area contributed by atoms with Crippen molar-refractivity contribution >= 4 is 5.82 Å². The van der Waals surface area contributed by atoms with Gasteiger partial charge >= 0.3 is 0 Å². The molecule has 3 rings (SSSR count). The van der Waals surface area contributed by atoms with Crippen molar-refractivity contribution in [3.63, 3.8) is 0 Å². The van der Waals surface area contributed by atoms with Gasteiger partial charge in [-0.05, 0) is 12.5 Å². The highest BCUT2D eigenvalue weighted by Crippen LogP contribution is 2.21. The van der Waals surface area contributed by atoms with Gasteiger partial charge in [0.15, 0.2) is 5.82 Å². The van der Waals surface area contributed by atoms with Gasteiger partial charge in [-0.15, -0.1) is 0 Å². The zero-order valence-electron chi connectivity index (χ0n) is 11.0. The molecule has 1 aromatic carbocycles. The summed E-state index contributed by atoms with van der Waals surface area (Å²) in [5.41, 5.74) is 5.54. The fourth-order valence-corrected chi connectivity index (χ4v) is 2.04. The molecule has 0 bridgehead atoms. The Morgan fingerprint density at radius 3 is 2.65 bits per heavy atom. The molecule has 0 aliphatic rings. The van der Waals surface area contributed by atoms with Crippen molar-refractivity contribution in [3.8, 4) is 16.9 Å². The molecule has 6 nitrogen and oxygen atoms in total. The van der Waals surface area contributed by atoms with Crippen LogP contribution in [0.5, 0.6) is 0 Å². The average molecular weight is 266 g/mol. The van der Waals surface area contributed by atoms with Crippen molar-refractivity contribution in [2.24, 2.45) is 5.84 Å². The Kier molecular flexibility index (Phi) is 3.14. The van der Waals surface area contributed by atoms with E-state index in [1.54, 1.807) is 4.68 Å². The van der Waals surface area contributed by atoms with E-state index in [0.717, 1.165) is 16.7 Å². The highest BCUT2D eigenvalue weighted by atomic mass is 15.3. The number of anilines is 1. The second-order valence-corrected chi connectivity index (χ2v) is 4.35. The van der Waals surface area contributed by atoms with Crippen LogP contribution in [0, 0.1) is 6.92 Å². The minimum atomic E-state index is 0.590. The van der Waals surface area contributed by atoms with Crippen molar-refractivity contribution in [1.82, 2.24) is 19.7 Å². The van der Waals surface area contributed by atoms with Crippen LogP contribution in [-0.2, 0) is 0 Å². The maximum Gasteiger partial charge on any atom is 0.161 e. The number of nitrogen functional groups attached to an aromatic ring is 1. The molecular formula is C14H14N6. The van der Waals surface area contributed by atoms with Crippen molar-refractivity contribution in [2.45, 2.75) is 6.92 Å². The molecule has 0 aliphatic heterocycles. The summed E-state index contributed by atoms with van der Waals surface area (Å²) >= 11 is 0. The summed E-state index contributed by atoms with van der Waals surface area (Å²) in [7, 11) is 0. The quantitative estimate of drug-likeness (QED) is 0.559. The van der Waals surface area contributed by atoms with Gasteiger partial charge in [0.1, 0.15) is 12.1 Å². The Balaban J connectivity index is 2.03. The monoisotopic (exact) mass is 266 g/mol. The van der Waals surface area contributed by atoms with Crippen LogP contribution in [0.15, 0.2) is 49.1 Å². The average Bonchev–Trinajstić information content (AvgIpc) is 2.98. The molecule has 3 aromatic rings. The van der Waals surface area contributed by atoms with Crippen LogP contribution in [0.3, 0.4) is 0 Å². The minimum absolute atomic E-state index is 0.590. The lowest BCUT2D eigenvalue weighted by molar-refractivity contribution is 0.829. The summed E-state index contributed by atoms with van der Waals surface area (Å²) in [6.07, 6.45) is 5.21. The second-order valence-electron chi connectivity index (χ2n) is 4.35. The normalized spacial score (nSPS) is 10.5. The van der Waals surface area contributed by atoms with Crippen molar-refractivity contribution < 1.29 is 0 Å². The van der Waals surface area contributed by atoms with Gasteiger partial charge in [-0.2, -0.15) is 5.10 Å². The highest BCUT2D eigenvalue weighted by Gasteiger charge is 2.10. The highest BCUT2D eigenvalue weighted by molar-refractivity contribution is 5.62. The molecule has 0 spiro atoms. The molecule has 0 aliphatic carbocycles. The van der Waals surface area contributed by atoms with Gasteiger partial charge in [0, 0.05) is 17.3 Å². The number of rotatable bonds is 3. The Morgan fingerprint density at radius 1 is 1.10 bits per heavy atom. The number of benzene rings is 1. The Bertz CT molecular complexity index is 720. The Labute approximate surface area is 116 Å². The van der Waals surface area contributed by atoms with Gasteiger partial charge in [-0.1, -0.05) is 30.3 Å². The standard InChI is InChI=1S/C14H14N6/c1-10-13(19-15)16-9-17-14(10)20-8-12(7-18-20)11-5-3-2-4-6-11/h2-9H,15H2,1H3,(H,16,17,19). The summed E-state index contributed by atoms with van der Waals surface area (Å²) in [5.74, 6) is 6.72. The number of hydrogen-bond acceptors (Lipinski definition) is 5. The fraction of sp³-hybridized carbons (Fsp3) is 0.0714. The lowest BCUT2D eigenvalue weighted by Crippen LogP contribution is -2.12. The van der Waals surface area contributed by atoms with Gasteiger partial charge in [-0.3, -0.25) is 0 Å². The Hall–Kier alpha value is -2.73. The molecule has 0 fully saturated rings. The Morgan fingerprint density at radius 2 is 1.90 bits per heavy atom. The number of nitrogens with one attached hydrogen (secondary N) is 1. The van der Waals surface area contributed by atoms with E-state index in [1.165, 1.54) is 6.33 Å². The first kappa shape index (κ1) is 12.3. The maximum atomic E-state index is 5.42. The van der Waals surface area contributed by atoms with Crippen LogP contribution in [-0.4, -0.2) is 19.7 Å². The first-order valence-corrected chi connectivity index (χ1v) is 6.18. The van der Waals surface area contributed by atoms with Crippen LogP contribution in [0.25, 0.3) is 16.9 Å². The van der Waals surface area contributed by atoms with Gasteiger partial charge in [0.2, 0.25) is 0 Å². The molecular weight excluding hydrogens is 252 g/mol. The van der Waals surface area contributed by atoms with Crippen LogP contribution in [0.2, 0.25) is 0 Å². The maximum absolute atomic E-state index is 5.42. The first-order chi connectivity index (χ1) is 9.79.